The number of aromatic nitrogens is 2. The standard InChI is InChI=1S/C16H25N3O2/c1-2-14(1)8-18-5-6-20-12-16(11-18)7-15(10-21-16)9-19-4-3-17-13-19/h3-4,13-15H,1-2,5-12H2/t15-,16+/m1/s1. The van der Waals surface area contributed by atoms with Crippen molar-refractivity contribution in [3.63, 3.8) is 0 Å². The molecule has 0 N–H and O–H groups in total. The summed E-state index contributed by atoms with van der Waals surface area (Å²) in [6.07, 6.45) is 9.70. The Kier molecular flexibility index (Phi) is 3.73. The quantitative estimate of drug-likeness (QED) is 0.841. The fraction of sp³-hybridized carbons (Fsp3) is 0.812. The van der Waals surface area contributed by atoms with Gasteiger partial charge in [-0.15, -0.1) is 0 Å². The van der Waals surface area contributed by atoms with E-state index in [1.807, 2.05) is 18.7 Å². The molecule has 0 aromatic carbocycles. The van der Waals surface area contributed by atoms with E-state index < -0.39 is 0 Å². The lowest BCUT2D eigenvalue weighted by molar-refractivity contribution is -0.0559. The maximum Gasteiger partial charge on any atom is 0.104 e. The van der Waals surface area contributed by atoms with Crippen LogP contribution in [-0.2, 0) is 16.0 Å². The first-order valence-corrected chi connectivity index (χ1v) is 8.21. The molecule has 1 aliphatic carbocycles. The van der Waals surface area contributed by atoms with Crippen LogP contribution in [-0.4, -0.2) is 59.5 Å². The second-order valence-corrected chi connectivity index (χ2v) is 7.05. The third kappa shape index (κ3) is 3.30. The molecule has 5 heteroatoms. The minimum absolute atomic E-state index is 0.0728. The molecule has 4 rings (SSSR count). The summed E-state index contributed by atoms with van der Waals surface area (Å²) in [5.41, 5.74) is -0.0728. The van der Waals surface area contributed by atoms with Gasteiger partial charge >= 0.3 is 0 Å². The molecule has 0 unspecified atom stereocenters. The molecule has 1 saturated carbocycles. The average Bonchev–Trinajstić information content (AvgIpc) is 3.04. The molecule has 116 valence electrons. The van der Waals surface area contributed by atoms with Crippen molar-refractivity contribution in [3.8, 4) is 0 Å². The first-order valence-electron chi connectivity index (χ1n) is 8.21. The predicted octanol–water partition coefficient (Wildman–Crippen LogP) is 1.40. The predicted molar refractivity (Wildman–Crippen MR) is 79.0 cm³/mol. The van der Waals surface area contributed by atoms with Gasteiger partial charge in [-0.2, -0.15) is 0 Å². The molecular weight excluding hydrogens is 266 g/mol. The van der Waals surface area contributed by atoms with Crippen LogP contribution in [0.5, 0.6) is 0 Å². The van der Waals surface area contributed by atoms with Gasteiger partial charge in [0.25, 0.3) is 0 Å². The zero-order valence-corrected chi connectivity index (χ0v) is 12.6. The molecule has 2 atom stereocenters. The third-order valence-corrected chi connectivity index (χ3v) is 4.96. The molecule has 3 fully saturated rings. The second kappa shape index (κ2) is 5.71. The summed E-state index contributed by atoms with van der Waals surface area (Å²) in [4.78, 5) is 6.70. The van der Waals surface area contributed by atoms with Crippen molar-refractivity contribution < 1.29 is 9.47 Å². The van der Waals surface area contributed by atoms with E-state index in [0.717, 1.165) is 51.8 Å². The van der Waals surface area contributed by atoms with Gasteiger partial charge in [-0.1, -0.05) is 0 Å². The maximum atomic E-state index is 6.25. The molecule has 5 nitrogen and oxygen atoms in total. The maximum absolute atomic E-state index is 6.25. The van der Waals surface area contributed by atoms with Gasteiger partial charge in [-0.3, -0.25) is 4.90 Å². The van der Waals surface area contributed by atoms with Crippen LogP contribution >= 0.6 is 0 Å². The number of rotatable bonds is 4. The zero-order chi connectivity index (χ0) is 14.1. The van der Waals surface area contributed by atoms with Crippen LogP contribution in [0.1, 0.15) is 19.3 Å². The smallest absolute Gasteiger partial charge is 0.104 e. The molecule has 0 radical (unpaired) electrons. The largest absolute Gasteiger partial charge is 0.377 e. The summed E-state index contributed by atoms with van der Waals surface area (Å²) in [6, 6.07) is 0. The SMILES string of the molecule is c1cn(C[C@@H]2CO[C@@]3(COCCN(CC4CC4)C3)C2)cn1. The van der Waals surface area contributed by atoms with Crippen molar-refractivity contribution in [2.24, 2.45) is 11.8 Å². The Bertz CT molecular complexity index is 460. The zero-order valence-electron chi connectivity index (χ0n) is 12.6. The monoisotopic (exact) mass is 291 g/mol. The van der Waals surface area contributed by atoms with Crippen LogP contribution in [0.3, 0.4) is 0 Å². The molecule has 21 heavy (non-hydrogen) atoms. The van der Waals surface area contributed by atoms with Gasteiger partial charge in [0.05, 0.1) is 26.1 Å². The highest BCUT2D eigenvalue weighted by Crippen LogP contribution is 2.35. The topological polar surface area (TPSA) is 39.5 Å². The summed E-state index contributed by atoms with van der Waals surface area (Å²) in [5.74, 6) is 1.51. The Morgan fingerprint density at radius 2 is 2.19 bits per heavy atom. The lowest BCUT2D eigenvalue weighted by Crippen LogP contribution is -2.44. The Morgan fingerprint density at radius 1 is 1.24 bits per heavy atom. The average molecular weight is 291 g/mol. The molecule has 1 spiro atoms. The van der Waals surface area contributed by atoms with E-state index in [4.69, 9.17) is 9.47 Å². The molecule has 0 bridgehead atoms. The number of nitrogens with zero attached hydrogens (tertiary/aromatic N) is 3. The summed E-state index contributed by atoms with van der Waals surface area (Å²) in [7, 11) is 0. The first kappa shape index (κ1) is 13.7. The van der Waals surface area contributed by atoms with E-state index in [1.54, 1.807) is 0 Å². The first-order chi connectivity index (χ1) is 10.3. The molecular formula is C16H25N3O2. The molecule has 1 aromatic heterocycles. The number of ether oxygens (including phenoxy) is 2. The van der Waals surface area contributed by atoms with Crippen molar-refractivity contribution in [1.29, 1.82) is 0 Å². The summed E-state index contributed by atoms with van der Waals surface area (Å²) >= 11 is 0. The van der Waals surface area contributed by atoms with Gasteiger partial charge in [0.1, 0.15) is 5.60 Å². The normalized spacial score (nSPS) is 34.4. The van der Waals surface area contributed by atoms with Crippen LogP contribution in [0.25, 0.3) is 0 Å². The van der Waals surface area contributed by atoms with Crippen molar-refractivity contribution in [1.82, 2.24) is 14.5 Å². The number of hydrogen-bond acceptors (Lipinski definition) is 4. The van der Waals surface area contributed by atoms with Crippen LogP contribution in [0.4, 0.5) is 0 Å². The molecule has 3 aliphatic rings. The van der Waals surface area contributed by atoms with Crippen LogP contribution in [0.2, 0.25) is 0 Å². The van der Waals surface area contributed by atoms with Gasteiger partial charge < -0.3 is 14.0 Å². The van der Waals surface area contributed by atoms with E-state index >= 15 is 0 Å². The van der Waals surface area contributed by atoms with E-state index in [-0.39, 0.29) is 5.60 Å². The van der Waals surface area contributed by atoms with Gasteiger partial charge in [0, 0.05) is 44.5 Å². The van der Waals surface area contributed by atoms with Gasteiger partial charge in [-0.05, 0) is 25.2 Å². The van der Waals surface area contributed by atoms with E-state index in [2.05, 4.69) is 14.5 Å². The minimum Gasteiger partial charge on any atom is -0.377 e. The highest BCUT2D eigenvalue weighted by Gasteiger charge is 2.43. The Morgan fingerprint density at radius 3 is 3.00 bits per heavy atom. The summed E-state index contributed by atoms with van der Waals surface area (Å²) in [5, 5.41) is 0. The molecule has 0 amide bonds. The molecule has 1 aromatic rings. The second-order valence-electron chi connectivity index (χ2n) is 7.05. The molecule has 2 aliphatic heterocycles. The van der Waals surface area contributed by atoms with Gasteiger partial charge in [0.15, 0.2) is 0 Å². The molecule has 2 saturated heterocycles. The molecule has 3 heterocycles. The highest BCUT2D eigenvalue weighted by atomic mass is 16.5. The van der Waals surface area contributed by atoms with Crippen LogP contribution in [0, 0.1) is 11.8 Å². The van der Waals surface area contributed by atoms with E-state index in [1.165, 1.54) is 19.4 Å². The van der Waals surface area contributed by atoms with Crippen molar-refractivity contribution in [2.45, 2.75) is 31.4 Å². The fourth-order valence-electron chi connectivity index (χ4n) is 3.76. The van der Waals surface area contributed by atoms with Crippen molar-refractivity contribution in [2.75, 3.05) is 39.5 Å². The van der Waals surface area contributed by atoms with Crippen molar-refractivity contribution >= 4 is 0 Å². The van der Waals surface area contributed by atoms with E-state index in [9.17, 15) is 0 Å². The minimum atomic E-state index is -0.0728. The van der Waals surface area contributed by atoms with E-state index in [0.29, 0.717) is 5.92 Å². The lowest BCUT2D eigenvalue weighted by atomic mass is 9.94. The Labute approximate surface area is 126 Å². The Balaban J connectivity index is 1.38. The van der Waals surface area contributed by atoms with Crippen LogP contribution < -0.4 is 0 Å². The lowest BCUT2D eigenvalue weighted by Gasteiger charge is -2.31. The number of hydrogen-bond donors (Lipinski definition) is 0. The Hall–Kier alpha value is -0.910. The van der Waals surface area contributed by atoms with Gasteiger partial charge in [-0.25, -0.2) is 4.98 Å². The number of imidazole rings is 1. The summed E-state index contributed by atoms with van der Waals surface area (Å²) < 4.78 is 14.3. The van der Waals surface area contributed by atoms with Crippen molar-refractivity contribution in [3.05, 3.63) is 18.7 Å². The highest BCUT2D eigenvalue weighted by molar-refractivity contribution is 4.95. The summed E-state index contributed by atoms with van der Waals surface area (Å²) in [6.45, 7) is 6.81. The van der Waals surface area contributed by atoms with Crippen LogP contribution in [0.15, 0.2) is 18.7 Å². The fourth-order valence-corrected chi connectivity index (χ4v) is 3.76. The third-order valence-electron chi connectivity index (χ3n) is 4.96. The van der Waals surface area contributed by atoms with Gasteiger partial charge in [0.2, 0.25) is 0 Å².